The number of nitrogens with zero attached hydrogens (tertiary/aromatic N) is 1. The Balaban J connectivity index is 0.00000109. The SMILES string of the molecule is CC.COCCNCc1cnc(Nc2cccc(Cl)c2)cc1C1CC1. The standard InChI is InChI=1S/C18H22ClN3O.C2H6/c1-23-8-7-20-11-14-12-21-18(10-17(14)13-5-6-13)22-16-4-2-3-15(19)9-16;1-2/h2-4,9-10,12-13,20H,5-8,11H2,1H3,(H,21,22);1-2H3. The Morgan fingerprint density at radius 1 is 1.24 bits per heavy atom. The predicted molar refractivity (Wildman–Crippen MR) is 106 cm³/mol. The first-order valence-electron chi connectivity index (χ1n) is 8.97. The van der Waals surface area contributed by atoms with E-state index in [0.717, 1.165) is 36.2 Å². The van der Waals surface area contributed by atoms with Gasteiger partial charge in [0, 0.05) is 37.1 Å². The van der Waals surface area contributed by atoms with E-state index in [2.05, 4.69) is 21.7 Å². The van der Waals surface area contributed by atoms with Crippen molar-refractivity contribution in [2.45, 2.75) is 39.2 Å². The normalized spacial score (nSPS) is 13.1. The van der Waals surface area contributed by atoms with Gasteiger partial charge in [0.2, 0.25) is 0 Å². The Hall–Kier alpha value is -1.62. The molecule has 5 heteroatoms. The van der Waals surface area contributed by atoms with Crippen LogP contribution < -0.4 is 10.6 Å². The lowest BCUT2D eigenvalue weighted by molar-refractivity contribution is 0.199. The van der Waals surface area contributed by atoms with Crippen LogP contribution >= 0.6 is 11.6 Å². The third-order valence-corrected chi connectivity index (χ3v) is 4.17. The van der Waals surface area contributed by atoms with E-state index in [1.54, 1.807) is 7.11 Å². The van der Waals surface area contributed by atoms with Crippen LogP contribution in [-0.4, -0.2) is 25.2 Å². The number of methoxy groups -OCH3 is 1. The molecular weight excluding hydrogens is 334 g/mol. The van der Waals surface area contributed by atoms with Crippen molar-refractivity contribution in [3.05, 3.63) is 52.7 Å². The topological polar surface area (TPSA) is 46.2 Å². The van der Waals surface area contributed by atoms with Crippen LogP contribution in [0, 0.1) is 0 Å². The molecule has 3 rings (SSSR count). The summed E-state index contributed by atoms with van der Waals surface area (Å²) in [6.07, 6.45) is 4.51. The minimum absolute atomic E-state index is 0.678. The molecule has 0 saturated heterocycles. The molecule has 1 aromatic carbocycles. The molecule has 1 heterocycles. The van der Waals surface area contributed by atoms with Crippen LogP contribution in [0.5, 0.6) is 0 Å². The fourth-order valence-corrected chi connectivity index (χ4v) is 2.79. The molecule has 136 valence electrons. The average molecular weight is 362 g/mol. The summed E-state index contributed by atoms with van der Waals surface area (Å²) in [6, 6.07) is 9.86. The highest BCUT2D eigenvalue weighted by molar-refractivity contribution is 6.30. The first-order chi connectivity index (χ1) is 12.3. The molecule has 1 fully saturated rings. The van der Waals surface area contributed by atoms with Crippen LogP contribution in [-0.2, 0) is 11.3 Å². The van der Waals surface area contributed by atoms with Gasteiger partial charge in [-0.3, -0.25) is 0 Å². The highest BCUT2D eigenvalue weighted by Gasteiger charge is 2.26. The summed E-state index contributed by atoms with van der Waals surface area (Å²) < 4.78 is 5.07. The van der Waals surface area contributed by atoms with Gasteiger partial charge in [-0.1, -0.05) is 31.5 Å². The van der Waals surface area contributed by atoms with E-state index < -0.39 is 0 Å². The lowest BCUT2D eigenvalue weighted by Gasteiger charge is -2.13. The molecule has 1 saturated carbocycles. The summed E-state index contributed by atoms with van der Waals surface area (Å²) in [6.45, 7) is 6.41. The van der Waals surface area contributed by atoms with Gasteiger partial charge in [0.1, 0.15) is 5.82 Å². The van der Waals surface area contributed by atoms with E-state index in [1.807, 2.05) is 44.3 Å². The first kappa shape index (κ1) is 19.7. The first-order valence-corrected chi connectivity index (χ1v) is 9.35. The number of aromatic nitrogens is 1. The molecule has 0 aliphatic heterocycles. The van der Waals surface area contributed by atoms with Crippen LogP contribution in [0.3, 0.4) is 0 Å². The smallest absolute Gasteiger partial charge is 0.130 e. The van der Waals surface area contributed by atoms with E-state index >= 15 is 0 Å². The van der Waals surface area contributed by atoms with Crippen molar-refractivity contribution in [2.24, 2.45) is 0 Å². The molecule has 0 radical (unpaired) electrons. The number of halogens is 1. The van der Waals surface area contributed by atoms with Crippen LogP contribution in [0.1, 0.15) is 43.7 Å². The van der Waals surface area contributed by atoms with E-state index in [9.17, 15) is 0 Å². The molecule has 4 nitrogen and oxygen atoms in total. The second kappa shape index (κ2) is 10.4. The molecule has 0 unspecified atom stereocenters. The summed E-state index contributed by atoms with van der Waals surface area (Å²) in [5.41, 5.74) is 3.63. The van der Waals surface area contributed by atoms with Crippen molar-refractivity contribution < 1.29 is 4.74 Å². The number of ether oxygens (including phenoxy) is 1. The van der Waals surface area contributed by atoms with E-state index in [1.165, 1.54) is 24.0 Å². The second-order valence-corrected chi connectivity index (χ2v) is 6.28. The molecule has 1 aliphatic carbocycles. The lowest BCUT2D eigenvalue weighted by atomic mass is 10.1. The van der Waals surface area contributed by atoms with Crippen LogP contribution in [0.2, 0.25) is 5.02 Å². The van der Waals surface area contributed by atoms with Gasteiger partial charge in [0.25, 0.3) is 0 Å². The van der Waals surface area contributed by atoms with Crippen molar-refractivity contribution in [3.63, 3.8) is 0 Å². The molecule has 2 aromatic rings. The van der Waals surface area contributed by atoms with Crippen molar-refractivity contribution >= 4 is 23.1 Å². The van der Waals surface area contributed by atoms with Crippen LogP contribution in [0.15, 0.2) is 36.5 Å². The van der Waals surface area contributed by atoms with E-state index in [4.69, 9.17) is 16.3 Å². The van der Waals surface area contributed by atoms with Gasteiger partial charge in [-0.25, -0.2) is 4.98 Å². The quantitative estimate of drug-likeness (QED) is 0.641. The minimum Gasteiger partial charge on any atom is -0.383 e. The summed E-state index contributed by atoms with van der Waals surface area (Å²) >= 11 is 6.03. The third-order valence-electron chi connectivity index (χ3n) is 3.94. The zero-order valence-corrected chi connectivity index (χ0v) is 16.1. The van der Waals surface area contributed by atoms with Gasteiger partial charge in [-0.2, -0.15) is 0 Å². The van der Waals surface area contributed by atoms with Crippen LogP contribution in [0.4, 0.5) is 11.5 Å². The number of pyridine rings is 1. The third kappa shape index (κ3) is 6.31. The summed E-state index contributed by atoms with van der Waals surface area (Å²) in [5, 5.41) is 7.45. The maximum atomic E-state index is 6.03. The molecule has 0 amide bonds. The summed E-state index contributed by atoms with van der Waals surface area (Å²) in [5.74, 6) is 1.55. The number of benzene rings is 1. The largest absolute Gasteiger partial charge is 0.383 e. The summed E-state index contributed by atoms with van der Waals surface area (Å²) in [7, 11) is 1.72. The Labute approximate surface area is 156 Å². The number of nitrogens with one attached hydrogen (secondary N) is 2. The molecule has 1 aliphatic rings. The number of rotatable bonds is 8. The van der Waals surface area contributed by atoms with Crippen molar-refractivity contribution in [2.75, 3.05) is 25.6 Å². The highest BCUT2D eigenvalue weighted by Crippen LogP contribution is 2.42. The van der Waals surface area contributed by atoms with Crippen molar-refractivity contribution in [1.82, 2.24) is 10.3 Å². The van der Waals surface area contributed by atoms with Gasteiger partial charge in [-0.05, 0) is 54.2 Å². The van der Waals surface area contributed by atoms with Gasteiger partial charge in [0.05, 0.1) is 6.61 Å². The van der Waals surface area contributed by atoms with Crippen LogP contribution in [0.25, 0.3) is 0 Å². The van der Waals surface area contributed by atoms with Gasteiger partial charge < -0.3 is 15.4 Å². The minimum atomic E-state index is 0.678. The zero-order valence-electron chi connectivity index (χ0n) is 15.3. The van der Waals surface area contributed by atoms with Gasteiger partial charge >= 0.3 is 0 Å². The molecule has 25 heavy (non-hydrogen) atoms. The molecular formula is C20H28ClN3O. The molecule has 0 bridgehead atoms. The highest BCUT2D eigenvalue weighted by atomic mass is 35.5. The predicted octanol–water partition coefficient (Wildman–Crippen LogP) is 5.12. The maximum absolute atomic E-state index is 6.03. The number of hydrogen-bond donors (Lipinski definition) is 2. The number of hydrogen-bond acceptors (Lipinski definition) is 4. The molecule has 2 N–H and O–H groups in total. The van der Waals surface area contributed by atoms with Crippen molar-refractivity contribution in [3.8, 4) is 0 Å². The number of anilines is 2. The Morgan fingerprint density at radius 2 is 2.04 bits per heavy atom. The Morgan fingerprint density at radius 3 is 2.72 bits per heavy atom. The monoisotopic (exact) mass is 361 g/mol. The zero-order chi connectivity index (χ0) is 18.1. The molecule has 0 spiro atoms. The fraction of sp³-hybridized carbons (Fsp3) is 0.450. The summed E-state index contributed by atoms with van der Waals surface area (Å²) in [4.78, 5) is 4.55. The fourth-order valence-electron chi connectivity index (χ4n) is 2.60. The van der Waals surface area contributed by atoms with Gasteiger partial charge in [-0.15, -0.1) is 0 Å². The van der Waals surface area contributed by atoms with Gasteiger partial charge in [0.15, 0.2) is 0 Å². The molecule has 0 atom stereocenters. The Kier molecular flexibility index (Phi) is 8.19. The van der Waals surface area contributed by atoms with E-state index in [-0.39, 0.29) is 0 Å². The Bertz CT molecular complexity index is 659. The average Bonchev–Trinajstić information content (AvgIpc) is 3.46. The molecule has 1 aromatic heterocycles. The lowest BCUT2D eigenvalue weighted by Crippen LogP contribution is -2.19. The maximum Gasteiger partial charge on any atom is 0.130 e. The second-order valence-electron chi connectivity index (χ2n) is 5.85. The van der Waals surface area contributed by atoms with E-state index in [0.29, 0.717) is 5.92 Å². The van der Waals surface area contributed by atoms with Crippen molar-refractivity contribution in [1.29, 1.82) is 0 Å².